The van der Waals surface area contributed by atoms with Gasteiger partial charge in [-0.25, -0.2) is 5.43 Å². The van der Waals surface area contributed by atoms with Gasteiger partial charge in [-0.3, -0.25) is 4.79 Å². The molecule has 0 unspecified atom stereocenters. The zero-order valence-corrected chi connectivity index (χ0v) is 20.9. The van der Waals surface area contributed by atoms with Crippen LogP contribution in [-0.4, -0.2) is 17.2 Å². The summed E-state index contributed by atoms with van der Waals surface area (Å²) in [6, 6.07) is 19.3. The number of amides is 1. The molecule has 0 saturated heterocycles. The number of azo groups is 1. The summed E-state index contributed by atoms with van der Waals surface area (Å²) in [4.78, 5) is 12.5. The van der Waals surface area contributed by atoms with Crippen LogP contribution in [0.25, 0.3) is 0 Å². The lowest BCUT2D eigenvalue weighted by molar-refractivity contribution is -0.122. The number of nitrogens with zero attached hydrogens (tertiary/aromatic N) is 3. The van der Waals surface area contributed by atoms with Crippen LogP contribution in [0, 0.1) is 19.8 Å². The molecule has 6 heteroatoms. The van der Waals surface area contributed by atoms with E-state index in [9.17, 15) is 9.90 Å². The zero-order chi connectivity index (χ0) is 25.2. The van der Waals surface area contributed by atoms with Crippen molar-refractivity contribution in [1.29, 1.82) is 0 Å². The van der Waals surface area contributed by atoms with E-state index in [1.807, 2.05) is 32.0 Å². The molecule has 0 spiro atoms. The van der Waals surface area contributed by atoms with Gasteiger partial charge in [0.1, 0.15) is 5.75 Å². The van der Waals surface area contributed by atoms with E-state index in [1.54, 1.807) is 12.1 Å². The highest BCUT2D eigenvalue weighted by Crippen LogP contribution is 2.47. The fourth-order valence-electron chi connectivity index (χ4n) is 3.94. The maximum atomic E-state index is 12.5. The van der Waals surface area contributed by atoms with Crippen LogP contribution in [0.3, 0.4) is 0 Å². The van der Waals surface area contributed by atoms with Gasteiger partial charge in [-0.05, 0) is 84.2 Å². The number of phenols is 1. The molecule has 0 aliphatic heterocycles. The van der Waals surface area contributed by atoms with Crippen molar-refractivity contribution in [3.8, 4) is 5.75 Å². The molecule has 2 atom stereocenters. The molecular weight excluding hydrogens is 436 g/mol. The second-order valence-corrected chi connectivity index (χ2v) is 10.3. The minimum atomic E-state index is -0.115. The van der Waals surface area contributed by atoms with E-state index in [2.05, 4.69) is 65.8 Å². The smallest absolute Gasteiger partial charge is 0.243 e. The Kier molecular flexibility index (Phi) is 6.83. The van der Waals surface area contributed by atoms with Gasteiger partial charge in [-0.1, -0.05) is 51.1 Å². The van der Waals surface area contributed by atoms with E-state index in [4.69, 9.17) is 0 Å². The van der Waals surface area contributed by atoms with Crippen molar-refractivity contribution in [2.45, 2.75) is 52.4 Å². The van der Waals surface area contributed by atoms with Crippen molar-refractivity contribution < 1.29 is 9.90 Å². The van der Waals surface area contributed by atoms with Crippen LogP contribution < -0.4 is 5.43 Å². The number of carbonyl (C=O) groups is 1. The van der Waals surface area contributed by atoms with Crippen molar-refractivity contribution in [3.05, 3.63) is 88.5 Å². The van der Waals surface area contributed by atoms with Gasteiger partial charge >= 0.3 is 0 Å². The summed E-state index contributed by atoms with van der Waals surface area (Å²) < 4.78 is 0. The van der Waals surface area contributed by atoms with Crippen molar-refractivity contribution >= 4 is 23.5 Å². The topological polar surface area (TPSA) is 86.4 Å². The lowest BCUT2D eigenvalue weighted by Gasteiger charge is -2.19. The molecule has 0 aromatic heterocycles. The number of hydrogen-bond acceptors (Lipinski definition) is 5. The van der Waals surface area contributed by atoms with Crippen molar-refractivity contribution in [2.75, 3.05) is 0 Å². The predicted molar refractivity (Wildman–Crippen MR) is 140 cm³/mol. The third-order valence-electron chi connectivity index (χ3n) is 6.49. The largest absolute Gasteiger partial charge is 0.507 e. The Bertz CT molecular complexity index is 1290. The van der Waals surface area contributed by atoms with E-state index < -0.39 is 0 Å². The van der Waals surface area contributed by atoms with Crippen LogP contribution in [0.5, 0.6) is 5.75 Å². The molecule has 6 nitrogen and oxygen atoms in total. The van der Waals surface area contributed by atoms with Crippen molar-refractivity contribution in [3.63, 3.8) is 0 Å². The van der Waals surface area contributed by atoms with Gasteiger partial charge in [0, 0.05) is 11.5 Å². The number of aromatic hydroxyl groups is 1. The number of nitrogens with one attached hydrogen (secondary N) is 1. The van der Waals surface area contributed by atoms with E-state index in [-0.39, 0.29) is 28.9 Å². The molecule has 1 aliphatic rings. The predicted octanol–water partition coefficient (Wildman–Crippen LogP) is 6.98. The second-order valence-electron chi connectivity index (χ2n) is 10.3. The number of phenolic OH excluding ortho intramolecular Hbond substituents is 1. The van der Waals surface area contributed by atoms with Gasteiger partial charge in [0.05, 0.1) is 17.6 Å². The fraction of sp³-hybridized carbons (Fsp3) is 0.310. The first-order valence-corrected chi connectivity index (χ1v) is 11.9. The summed E-state index contributed by atoms with van der Waals surface area (Å²) >= 11 is 0. The Hall–Kier alpha value is -3.80. The molecule has 0 bridgehead atoms. The van der Waals surface area contributed by atoms with Crippen LogP contribution in [0.1, 0.15) is 60.9 Å². The standard InChI is InChI=1S/C29H32N4O2/c1-18-6-11-23(14-19(18)2)31-32-24-12-13-27(34)21(15-24)17-30-33-28(35)26-16-25(26)20-7-9-22(10-8-20)29(3,4)5/h6-15,17,25-26,34H,16H2,1-5H3,(H,33,35)/b30-17+,32-31?/t25-,26+/m0/s1. The Balaban J connectivity index is 1.35. The molecule has 3 aromatic rings. The molecule has 1 aliphatic carbocycles. The van der Waals surface area contributed by atoms with E-state index in [0.29, 0.717) is 11.3 Å². The third-order valence-corrected chi connectivity index (χ3v) is 6.49. The minimum absolute atomic E-state index is 0.0522. The molecular formula is C29H32N4O2. The summed E-state index contributed by atoms with van der Waals surface area (Å²) in [5, 5.41) is 22.8. The highest BCUT2D eigenvalue weighted by Gasteiger charge is 2.44. The number of carbonyl (C=O) groups excluding carboxylic acids is 1. The summed E-state index contributed by atoms with van der Waals surface area (Å²) in [6.45, 7) is 10.6. The van der Waals surface area contributed by atoms with E-state index in [0.717, 1.165) is 17.7 Å². The van der Waals surface area contributed by atoms with E-state index >= 15 is 0 Å². The Morgan fingerprint density at radius 3 is 2.26 bits per heavy atom. The first kappa shape index (κ1) is 24.3. The number of hydrazone groups is 1. The third kappa shape index (κ3) is 6.01. The lowest BCUT2D eigenvalue weighted by Crippen LogP contribution is -2.20. The SMILES string of the molecule is Cc1ccc(N=Nc2ccc(O)c(/C=N/NC(=O)[C@@H]3C[C@H]3c3ccc(C(C)(C)C)cc3)c2)cc1C. The van der Waals surface area contributed by atoms with Crippen molar-refractivity contribution in [2.24, 2.45) is 21.2 Å². The zero-order valence-electron chi connectivity index (χ0n) is 20.9. The van der Waals surface area contributed by atoms with Crippen LogP contribution >= 0.6 is 0 Å². The van der Waals surface area contributed by atoms with E-state index in [1.165, 1.54) is 29.0 Å². The van der Waals surface area contributed by atoms with Gasteiger partial charge in [0.15, 0.2) is 0 Å². The fourth-order valence-corrected chi connectivity index (χ4v) is 3.94. The monoisotopic (exact) mass is 468 g/mol. The molecule has 4 rings (SSSR count). The molecule has 0 radical (unpaired) electrons. The Morgan fingerprint density at radius 2 is 1.60 bits per heavy atom. The number of hydrogen-bond donors (Lipinski definition) is 2. The quantitative estimate of drug-likeness (QED) is 0.232. The molecule has 1 saturated carbocycles. The number of benzene rings is 3. The van der Waals surface area contributed by atoms with Crippen molar-refractivity contribution in [1.82, 2.24) is 5.43 Å². The highest BCUT2D eigenvalue weighted by molar-refractivity contribution is 5.87. The molecule has 0 heterocycles. The Morgan fingerprint density at radius 1 is 0.943 bits per heavy atom. The van der Waals surface area contributed by atoms with Crippen LogP contribution in [0.2, 0.25) is 0 Å². The Labute approximate surface area is 206 Å². The first-order chi connectivity index (χ1) is 16.6. The molecule has 35 heavy (non-hydrogen) atoms. The molecule has 1 fully saturated rings. The number of rotatable bonds is 6. The van der Waals surface area contributed by atoms with Crippen LogP contribution in [0.15, 0.2) is 76.0 Å². The van der Waals surface area contributed by atoms with Gasteiger partial charge in [0.2, 0.25) is 5.91 Å². The second kappa shape index (κ2) is 9.82. The highest BCUT2D eigenvalue weighted by atomic mass is 16.3. The average Bonchev–Trinajstić information content (AvgIpc) is 3.62. The molecule has 180 valence electrons. The normalized spacial score (nSPS) is 17.7. The summed E-state index contributed by atoms with van der Waals surface area (Å²) in [5.74, 6) is 0.0775. The molecule has 1 amide bonds. The molecule has 3 aromatic carbocycles. The van der Waals surface area contributed by atoms with Gasteiger partial charge in [-0.15, -0.1) is 0 Å². The lowest BCUT2D eigenvalue weighted by atomic mass is 9.86. The summed E-state index contributed by atoms with van der Waals surface area (Å²) in [5.41, 5.74) is 9.32. The van der Waals surface area contributed by atoms with Crippen LogP contribution in [-0.2, 0) is 10.2 Å². The maximum Gasteiger partial charge on any atom is 0.243 e. The van der Waals surface area contributed by atoms with Gasteiger partial charge in [-0.2, -0.15) is 15.3 Å². The van der Waals surface area contributed by atoms with Gasteiger partial charge < -0.3 is 5.11 Å². The minimum Gasteiger partial charge on any atom is -0.507 e. The summed E-state index contributed by atoms with van der Waals surface area (Å²) in [6.07, 6.45) is 2.24. The van der Waals surface area contributed by atoms with Gasteiger partial charge in [0.25, 0.3) is 0 Å². The average molecular weight is 469 g/mol. The number of aryl methyl sites for hydroxylation is 2. The van der Waals surface area contributed by atoms with Crippen LogP contribution in [0.4, 0.5) is 11.4 Å². The first-order valence-electron chi connectivity index (χ1n) is 11.9. The molecule has 2 N–H and O–H groups in total. The summed E-state index contributed by atoms with van der Waals surface area (Å²) in [7, 11) is 0. The maximum absolute atomic E-state index is 12.5.